The number of para-hydroxylation sites is 1. The molecule has 0 atom stereocenters. The van der Waals surface area contributed by atoms with Crippen molar-refractivity contribution in [2.75, 3.05) is 6.54 Å². The van der Waals surface area contributed by atoms with Crippen molar-refractivity contribution >= 4 is 11.6 Å². The number of hydrogen-bond donors (Lipinski definition) is 1. The van der Waals surface area contributed by atoms with E-state index in [4.69, 9.17) is 0 Å². The van der Waals surface area contributed by atoms with Crippen LogP contribution in [0.25, 0.3) is 0 Å². The van der Waals surface area contributed by atoms with E-state index < -0.39 is 4.92 Å². The molecule has 0 heterocycles. The van der Waals surface area contributed by atoms with Crippen molar-refractivity contribution in [3.05, 3.63) is 39.9 Å². The van der Waals surface area contributed by atoms with Crippen LogP contribution >= 0.6 is 0 Å². The second-order valence-corrected chi connectivity index (χ2v) is 3.74. The highest BCUT2D eigenvalue weighted by atomic mass is 16.6. The largest absolute Gasteiger partial charge is 0.352 e. The molecule has 5 nitrogen and oxygen atoms in total. The average Bonchev–Trinajstić information content (AvgIpc) is 2.34. The molecule has 0 radical (unpaired) electrons. The van der Waals surface area contributed by atoms with Gasteiger partial charge in [0, 0.05) is 12.6 Å². The van der Waals surface area contributed by atoms with Gasteiger partial charge in [-0.1, -0.05) is 31.9 Å². The number of rotatable bonds is 6. The molecule has 0 aliphatic carbocycles. The number of nitrogens with zero attached hydrogens (tertiary/aromatic N) is 1. The Bertz CT molecular complexity index is 404. The van der Waals surface area contributed by atoms with Gasteiger partial charge in [-0.2, -0.15) is 0 Å². The predicted octanol–water partition coefficient (Wildman–Crippen LogP) is 2.51. The second-order valence-electron chi connectivity index (χ2n) is 3.74. The Labute approximate surface area is 100.0 Å². The molecule has 1 aromatic carbocycles. The topological polar surface area (TPSA) is 72.2 Å². The average molecular weight is 236 g/mol. The standard InChI is InChI=1S/C12H16N2O3/c1-2-3-6-9-13-12(15)10-7-4-5-8-11(10)14(16)17/h4-5,7-8H,2-3,6,9H2,1H3,(H,13,15). The van der Waals surface area contributed by atoms with Crippen molar-refractivity contribution in [1.82, 2.24) is 5.32 Å². The molecule has 1 aromatic rings. The molecular weight excluding hydrogens is 220 g/mol. The molecule has 0 bridgehead atoms. The zero-order chi connectivity index (χ0) is 12.7. The fraction of sp³-hybridized carbons (Fsp3) is 0.417. The molecule has 0 spiro atoms. The molecule has 0 aliphatic rings. The summed E-state index contributed by atoms with van der Waals surface area (Å²) in [5.74, 6) is -0.381. The van der Waals surface area contributed by atoms with Gasteiger partial charge in [-0.15, -0.1) is 0 Å². The molecule has 1 rings (SSSR count). The number of nitro benzene ring substituents is 1. The van der Waals surface area contributed by atoms with Gasteiger partial charge >= 0.3 is 0 Å². The number of hydrogen-bond acceptors (Lipinski definition) is 3. The quantitative estimate of drug-likeness (QED) is 0.468. The van der Waals surface area contributed by atoms with E-state index in [9.17, 15) is 14.9 Å². The van der Waals surface area contributed by atoms with E-state index in [0.29, 0.717) is 6.54 Å². The Morgan fingerprint density at radius 3 is 2.71 bits per heavy atom. The smallest absolute Gasteiger partial charge is 0.282 e. The highest BCUT2D eigenvalue weighted by Gasteiger charge is 2.18. The minimum Gasteiger partial charge on any atom is -0.352 e. The Kier molecular flexibility index (Phi) is 5.13. The Morgan fingerprint density at radius 2 is 2.06 bits per heavy atom. The molecule has 0 saturated heterocycles. The van der Waals surface area contributed by atoms with Gasteiger partial charge in [0.15, 0.2) is 0 Å². The van der Waals surface area contributed by atoms with Gasteiger partial charge in [-0.3, -0.25) is 14.9 Å². The van der Waals surface area contributed by atoms with Gasteiger partial charge in [0.1, 0.15) is 5.56 Å². The molecule has 0 fully saturated rings. The molecule has 0 saturated carbocycles. The lowest BCUT2D eigenvalue weighted by Crippen LogP contribution is -2.25. The Hall–Kier alpha value is -1.91. The first-order valence-electron chi connectivity index (χ1n) is 5.68. The first kappa shape index (κ1) is 13.2. The SMILES string of the molecule is CCCCCNC(=O)c1ccccc1[N+](=O)[O-]. The number of unbranched alkanes of at least 4 members (excludes halogenated alkanes) is 2. The van der Waals surface area contributed by atoms with E-state index in [0.717, 1.165) is 19.3 Å². The van der Waals surface area contributed by atoms with Crippen LogP contribution in [0.2, 0.25) is 0 Å². The van der Waals surface area contributed by atoms with E-state index in [1.54, 1.807) is 12.1 Å². The maximum atomic E-state index is 11.7. The number of carbonyl (C=O) groups is 1. The normalized spacial score (nSPS) is 9.94. The molecule has 1 amide bonds. The van der Waals surface area contributed by atoms with E-state index in [-0.39, 0.29) is 17.2 Å². The molecule has 0 aromatic heterocycles. The van der Waals surface area contributed by atoms with Crippen molar-refractivity contribution < 1.29 is 9.72 Å². The lowest BCUT2D eigenvalue weighted by molar-refractivity contribution is -0.385. The fourth-order valence-electron chi connectivity index (χ4n) is 1.50. The molecular formula is C12H16N2O3. The van der Waals surface area contributed by atoms with E-state index >= 15 is 0 Å². The van der Waals surface area contributed by atoms with Crippen LogP contribution in [0.5, 0.6) is 0 Å². The highest BCUT2D eigenvalue weighted by Crippen LogP contribution is 2.17. The number of nitrogens with one attached hydrogen (secondary N) is 1. The second kappa shape index (κ2) is 6.62. The predicted molar refractivity (Wildman–Crippen MR) is 65.0 cm³/mol. The van der Waals surface area contributed by atoms with Crippen LogP contribution in [0.1, 0.15) is 36.5 Å². The lowest BCUT2D eigenvalue weighted by Gasteiger charge is -2.04. The van der Waals surface area contributed by atoms with E-state index in [1.165, 1.54) is 12.1 Å². The summed E-state index contributed by atoms with van der Waals surface area (Å²) in [7, 11) is 0. The third-order valence-electron chi connectivity index (χ3n) is 2.41. The summed E-state index contributed by atoms with van der Waals surface area (Å²) in [5.41, 5.74) is -0.0329. The molecule has 1 N–H and O–H groups in total. The first-order valence-corrected chi connectivity index (χ1v) is 5.68. The highest BCUT2D eigenvalue weighted by molar-refractivity contribution is 5.98. The summed E-state index contributed by atoms with van der Waals surface area (Å²) < 4.78 is 0. The summed E-state index contributed by atoms with van der Waals surface area (Å²) in [6.07, 6.45) is 3.00. The van der Waals surface area contributed by atoms with Gasteiger partial charge in [0.25, 0.3) is 11.6 Å². The lowest BCUT2D eigenvalue weighted by atomic mass is 10.1. The van der Waals surface area contributed by atoms with Gasteiger partial charge in [-0.05, 0) is 12.5 Å². The summed E-state index contributed by atoms with van der Waals surface area (Å²) in [6.45, 7) is 2.63. The van der Waals surface area contributed by atoms with Crippen LogP contribution in [0, 0.1) is 10.1 Å². The summed E-state index contributed by atoms with van der Waals surface area (Å²) in [4.78, 5) is 21.9. The first-order chi connectivity index (χ1) is 8.16. The van der Waals surface area contributed by atoms with Crippen LogP contribution < -0.4 is 5.32 Å². The van der Waals surface area contributed by atoms with Crippen molar-refractivity contribution in [1.29, 1.82) is 0 Å². The van der Waals surface area contributed by atoms with Crippen molar-refractivity contribution in [3.63, 3.8) is 0 Å². The zero-order valence-electron chi connectivity index (χ0n) is 9.81. The third kappa shape index (κ3) is 3.86. The van der Waals surface area contributed by atoms with Crippen LogP contribution in [-0.4, -0.2) is 17.4 Å². The van der Waals surface area contributed by atoms with Crippen LogP contribution in [-0.2, 0) is 0 Å². The minimum absolute atomic E-state index is 0.119. The van der Waals surface area contributed by atoms with E-state index in [1.807, 2.05) is 0 Å². The van der Waals surface area contributed by atoms with Crippen molar-refractivity contribution in [2.45, 2.75) is 26.2 Å². The molecule has 92 valence electrons. The summed E-state index contributed by atoms with van der Waals surface area (Å²) in [5, 5.41) is 13.4. The molecule has 0 aliphatic heterocycles. The van der Waals surface area contributed by atoms with Crippen LogP contribution in [0.3, 0.4) is 0 Å². The number of benzene rings is 1. The Morgan fingerprint density at radius 1 is 1.35 bits per heavy atom. The fourth-order valence-corrected chi connectivity index (χ4v) is 1.50. The van der Waals surface area contributed by atoms with Gasteiger partial charge in [0.05, 0.1) is 4.92 Å². The van der Waals surface area contributed by atoms with E-state index in [2.05, 4.69) is 12.2 Å². The number of amides is 1. The Balaban J connectivity index is 2.65. The van der Waals surface area contributed by atoms with Gasteiger partial charge < -0.3 is 5.32 Å². The monoisotopic (exact) mass is 236 g/mol. The van der Waals surface area contributed by atoms with Crippen LogP contribution in [0.15, 0.2) is 24.3 Å². The maximum absolute atomic E-state index is 11.7. The van der Waals surface area contributed by atoms with Gasteiger partial charge in [-0.25, -0.2) is 0 Å². The number of carbonyl (C=O) groups excluding carboxylic acids is 1. The zero-order valence-corrected chi connectivity index (χ0v) is 9.81. The van der Waals surface area contributed by atoms with Crippen molar-refractivity contribution in [3.8, 4) is 0 Å². The third-order valence-corrected chi connectivity index (χ3v) is 2.41. The van der Waals surface area contributed by atoms with Crippen LogP contribution in [0.4, 0.5) is 5.69 Å². The molecule has 0 unspecified atom stereocenters. The molecule has 5 heteroatoms. The van der Waals surface area contributed by atoms with Gasteiger partial charge in [0.2, 0.25) is 0 Å². The van der Waals surface area contributed by atoms with Crippen molar-refractivity contribution in [2.24, 2.45) is 0 Å². The minimum atomic E-state index is -0.541. The number of nitro groups is 1. The summed E-state index contributed by atoms with van der Waals surface area (Å²) in [6, 6.07) is 5.97. The summed E-state index contributed by atoms with van der Waals surface area (Å²) >= 11 is 0. The molecule has 17 heavy (non-hydrogen) atoms. The maximum Gasteiger partial charge on any atom is 0.282 e.